The average Bonchev–Trinajstić information content (AvgIpc) is 3.49. The van der Waals surface area contributed by atoms with Crippen molar-refractivity contribution >= 4 is 40.3 Å². The van der Waals surface area contributed by atoms with E-state index in [1.165, 1.54) is 16.6 Å². The number of carbonyl (C=O) groups is 1. The molecule has 0 aliphatic heterocycles. The standard InChI is InChI=1S/C19H17N5OS3/c25-17(13-28-19-21-22-23-24(19)12-15-8-4-10-26-15)20-18(16-9-5-11-27-16)14-6-2-1-3-7-14/h1-11,18H,12-13H2,(H,20,25)/t18-/m1/s1. The Morgan fingerprint density at radius 3 is 2.64 bits per heavy atom. The summed E-state index contributed by atoms with van der Waals surface area (Å²) in [6.07, 6.45) is 0. The Hall–Kier alpha value is -2.49. The van der Waals surface area contributed by atoms with Gasteiger partial charge in [0.15, 0.2) is 0 Å². The molecule has 0 radical (unpaired) electrons. The highest BCUT2D eigenvalue weighted by Gasteiger charge is 2.18. The lowest BCUT2D eigenvalue weighted by Crippen LogP contribution is -2.30. The zero-order chi connectivity index (χ0) is 19.2. The van der Waals surface area contributed by atoms with E-state index in [4.69, 9.17) is 0 Å². The van der Waals surface area contributed by atoms with Gasteiger partial charge >= 0.3 is 0 Å². The number of nitrogens with one attached hydrogen (secondary N) is 1. The third-order valence-corrected chi connectivity index (χ3v) is 6.74. The van der Waals surface area contributed by atoms with Gasteiger partial charge in [-0.05, 0) is 38.9 Å². The van der Waals surface area contributed by atoms with Crippen molar-refractivity contribution in [1.29, 1.82) is 0 Å². The van der Waals surface area contributed by atoms with Crippen molar-refractivity contribution in [2.75, 3.05) is 5.75 Å². The predicted molar refractivity (Wildman–Crippen MR) is 113 cm³/mol. The van der Waals surface area contributed by atoms with E-state index in [0.717, 1.165) is 10.4 Å². The second kappa shape index (κ2) is 9.13. The van der Waals surface area contributed by atoms with Crippen LogP contribution in [0.1, 0.15) is 21.4 Å². The number of thiophene rings is 2. The second-order valence-corrected chi connectivity index (χ2v) is 8.87. The molecule has 0 saturated heterocycles. The van der Waals surface area contributed by atoms with Gasteiger partial charge in [0.1, 0.15) is 0 Å². The maximum absolute atomic E-state index is 12.6. The van der Waals surface area contributed by atoms with E-state index in [0.29, 0.717) is 11.7 Å². The molecule has 3 aromatic heterocycles. The molecule has 1 aromatic carbocycles. The van der Waals surface area contributed by atoms with Crippen molar-refractivity contribution < 1.29 is 4.79 Å². The summed E-state index contributed by atoms with van der Waals surface area (Å²) in [7, 11) is 0. The summed E-state index contributed by atoms with van der Waals surface area (Å²) in [6.45, 7) is 0.608. The molecule has 0 aliphatic carbocycles. The first kappa shape index (κ1) is 18.9. The number of carbonyl (C=O) groups excluding carboxylic acids is 1. The molecule has 142 valence electrons. The molecule has 1 amide bonds. The fourth-order valence-corrected chi connectivity index (χ4v) is 4.88. The first-order valence-electron chi connectivity index (χ1n) is 8.58. The van der Waals surface area contributed by atoms with Gasteiger partial charge in [-0.25, -0.2) is 4.68 Å². The van der Waals surface area contributed by atoms with Crippen LogP contribution in [0.25, 0.3) is 0 Å². The third kappa shape index (κ3) is 4.67. The van der Waals surface area contributed by atoms with Crippen LogP contribution < -0.4 is 5.32 Å². The lowest BCUT2D eigenvalue weighted by atomic mass is 10.1. The molecule has 0 spiro atoms. The number of amides is 1. The Bertz CT molecular complexity index is 1000. The number of rotatable bonds is 8. The summed E-state index contributed by atoms with van der Waals surface area (Å²) >= 11 is 4.63. The fraction of sp³-hybridized carbons (Fsp3) is 0.158. The zero-order valence-electron chi connectivity index (χ0n) is 14.8. The number of benzene rings is 1. The normalized spacial score (nSPS) is 12.0. The van der Waals surface area contributed by atoms with Gasteiger partial charge in [0.05, 0.1) is 18.3 Å². The number of hydrogen-bond acceptors (Lipinski definition) is 7. The van der Waals surface area contributed by atoms with Crippen molar-refractivity contribution in [1.82, 2.24) is 25.5 Å². The monoisotopic (exact) mass is 427 g/mol. The highest BCUT2D eigenvalue weighted by Crippen LogP contribution is 2.26. The highest BCUT2D eigenvalue weighted by atomic mass is 32.2. The van der Waals surface area contributed by atoms with E-state index in [1.807, 2.05) is 65.4 Å². The third-order valence-electron chi connectivity index (χ3n) is 3.98. The van der Waals surface area contributed by atoms with E-state index >= 15 is 0 Å². The number of hydrogen-bond donors (Lipinski definition) is 1. The van der Waals surface area contributed by atoms with Crippen molar-refractivity contribution in [3.63, 3.8) is 0 Å². The molecule has 6 nitrogen and oxygen atoms in total. The lowest BCUT2D eigenvalue weighted by molar-refractivity contribution is -0.119. The number of aromatic nitrogens is 4. The minimum absolute atomic E-state index is 0.0575. The molecule has 28 heavy (non-hydrogen) atoms. The quantitative estimate of drug-likeness (QED) is 0.433. The number of thioether (sulfide) groups is 1. The molecule has 0 saturated carbocycles. The largest absolute Gasteiger partial charge is 0.344 e. The van der Waals surface area contributed by atoms with Gasteiger partial charge in [0.2, 0.25) is 11.1 Å². The Kier molecular flexibility index (Phi) is 6.15. The number of nitrogens with zero attached hydrogens (tertiary/aromatic N) is 4. The summed E-state index contributed by atoms with van der Waals surface area (Å²) in [5, 5.41) is 19.6. The Morgan fingerprint density at radius 1 is 1.07 bits per heavy atom. The summed E-state index contributed by atoms with van der Waals surface area (Å²) in [6, 6.07) is 17.9. The summed E-state index contributed by atoms with van der Waals surface area (Å²) in [5.41, 5.74) is 1.06. The molecule has 9 heteroatoms. The predicted octanol–water partition coefficient (Wildman–Crippen LogP) is 3.84. The second-order valence-electron chi connectivity index (χ2n) is 5.91. The molecule has 0 unspecified atom stereocenters. The van der Waals surface area contributed by atoms with Crippen LogP contribution in [0.5, 0.6) is 0 Å². The minimum atomic E-state index is -0.156. The van der Waals surface area contributed by atoms with Crippen LogP contribution in [0.4, 0.5) is 0 Å². The zero-order valence-corrected chi connectivity index (χ0v) is 17.2. The van der Waals surface area contributed by atoms with Crippen LogP contribution in [-0.2, 0) is 11.3 Å². The van der Waals surface area contributed by atoms with Crippen LogP contribution in [0.15, 0.2) is 70.5 Å². The van der Waals surface area contributed by atoms with Crippen LogP contribution in [0, 0.1) is 0 Å². The smallest absolute Gasteiger partial charge is 0.231 e. The maximum atomic E-state index is 12.6. The van der Waals surface area contributed by atoms with Crippen molar-refractivity contribution in [3.05, 3.63) is 80.7 Å². The van der Waals surface area contributed by atoms with E-state index in [1.54, 1.807) is 27.4 Å². The van der Waals surface area contributed by atoms with Gasteiger partial charge in [-0.15, -0.1) is 27.8 Å². The van der Waals surface area contributed by atoms with Gasteiger partial charge in [-0.1, -0.05) is 54.2 Å². The molecular formula is C19H17N5OS3. The Balaban J connectivity index is 1.40. The first-order valence-corrected chi connectivity index (χ1v) is 11.3. The molecule has 4 rings (SSSR count). The first-order chi connectivity index (χ1) is 13.8. The van der Waals surface area contributed by atoms with Crippen molar-refractivity contribution in [2.24, 2.45) is 0 Å². The van der Waals surface area contributed by atoms with Crippen molar-refractivity contribution in [3.8, 4) is 0 Å². The summed E-state index contributed by atoms with van der Waals surface area (Å²) in [4.78, 5) is 14.9. The average molecular weight is 428 g/mol. The lowest BCUT2D eigenvalue weighted by Gasteiger charge is -2.18. The van der Waals surface area contributed by atoms with E-state index in [2.05, 4.69) is 20.8 Å². The van der Waals surface area contributed by atoms with Crippen LogP contribution in [0.3, 0.4) is 0 Å². The minimum Gasteiger partial charge on any atom is -0.344 e. The van der Waals surface area contributed by atoms with Gasteiger partial charge in [0, 0.05) is 9.75 Å². The molecule has 0 aliphatic rings. The van der Waals surface area contributed by atoms with Crippen LogP contribution in [0.2, 0.25) is 0 Å². The Labute approximate surface area is 174 Å². The van der Waals surface area contributed by atoms with Gasteiger partial charge in [0.25, 0.3) is 0 Å². The number of tetrazole rings is 1. The molecule has 1 N–H and O–H groups in total. The van der Waals surface area contributed by atoms with E-state index in [9.17, 15) is 4.79 Å². The SMILES string of the molecule is O=C(CSc1nnnn1Cc1cccs1)N[C@H](c1ccccc1)c1cccs1. The maximum Gasteiger partial charge on any atom is 0.231 e. The molecule has 0 fully saturated rings. The van der Waals surface area contributed by atoms with Crippen LogP contribution in [-0.4, -0.2) is 31.9 Å². The van der Waals surface area contributed by atoms with E-state index in [-0.39, 0.29) is 17.7 Å². The van der Waals surface area contributed by atoms with Gasteiger partial charge in [-0.3, -0.25) is 4.79 Å². The fourth-order valence-electron chi connectivity index (χ4n) is 2.70. The summed E-state index contributed by atoms with van der Waals surface area (Å²) in [5.74, 6) is 0.192. The topological polar surface area (TPSA) is 72.7 Å². The van der Waals surface area contributed by atoms with Crippen molar-refractivity contribution in [2.45, 2.75) is 17.7 Å². The summed E-state index contributed by atoms with van der Waals surface area (Å²) < 4.78 is 1.72. The molecule has 4 aromatic rings. The molecule has 3 heterocycles. The molecular weight excluding hydrogens is 410 g/mol. The van der Waals surface area contributed by atoms with Crippen LogP contribution >= 0.6 is 34.4 Å². The van der Waals surface area contributed by atoms with E-state index < -0.39 is 0 Å². The van der Waals surface area contributed by atoms with Gasteiger partial charge in [-0.2, -0.15) is 0 Å². The molecule has 1 atom stereocenters. The highest BCUT2D eigenvalue weighted by molar-refractivity contribution is 7.99. The molecule has 0 bridgehead atoms. The Morgan fingerprint density at radius 2 is 1.89 bits per heavy atom. The van der Waals surface area contributed by atoms with Gasteiger partial charge < -0.3 is 5.32 Å².